The van der Waals surface area contributed by atoms with E-state index in [1.807, 2.05) is 62.4 Å². The minimum atomic E-state index is -0.725. The summed E-state index contributed by atoms with van der Waals surface area (Å²) in [4.78, 5) is 35.2. The van der Waals surface area contributed by atoms with Gasteiger partial charge in [0.05, 0.1) is 34.0 Å². The van der Waals surface area contributed by atoms with Gasteiger partial charge in [-0.05, 0) is 86.8 Å². The molecule has 0 saturated carbocycles. The van der Waals surface area contributed by atoms with Crippen molar-refractivity contribution in [2.75, 3.05) is 6.61 Å². The average molecular weight is 687 g/mol. The first-order valence-electron chi connectivity index (χ1n) is 16.8. The maximum Gasteiger partial charge on any atom is 0.338 e. The lowest BCUT2D eigenvalue weighted by Gasteiger charge is -2.26. The Labute approximate surface area is 293 Å². The summed E-state index contributed by atoms with van der Waals surface area (Å²) in [5.74, 6) is -0.160. The summed E-state index contributed by atoms with van der Waals surface area (Å²) in [5, 5.41) is 11.1. The van der Waals surface area contributed by atoms with Gasteiger partial charge in [0.2, 0.25) is 0 Å². The third-order valence-electron chi connectivity index (χ3n) is 9.52. The molecule has 1 aliphatic heterocycles. The molecule has 0 N–H and O–H groups in total. The van der Waals surface area contributed by atoms with Gasteiger partial charge in [0.15, 0.2) is 4.80 Å². The van der Waals surface area contributed by atoms with Crippen molar-refractivity contribution >= 4 is 40.4 Å². The molecule has 2 aliphatic rings. The summed E-state index contributed by atoms with van der Waals surface area (Å²) in [5.41, 5.74) is 8.25. The van der Waals surface area contributed by atoms with Crippen LogP contribution in [-0.4, -0.2) is 21.7 Å². The summed E-state index contributed by atoms with van der Waals surface area (Å²) in [6, 6.07) is 21.6. The largest absolute Gasteiger partial charge is 0.463 e. The molecule has 248 valence electrons. The minimum absolute atomic E-state index is 0.199. The van der Waals surface area contributed by atoms with Crippen LogP contribution in [0.3, 0.4) is 0 Å². The number of hydrogen-bond acceptors (Lipinski definition) is 7. The monoisotopic (exact) mass is 686 g/mol. The first-order chi connectivity index (χ1) is 23.7. The van der Waals surface area contributed by atoms with E-state index in [0.29, 0.717) is 26.5 Å². The molecule has 0 spiro atoms. The fourth-order valence-electron chi connectivity index (χ4n) is 7.03. The molecule has 2 aromatic carbocycles. The maximum absolute atomic E-state index is 14.5. The van der Waals surface area contributed by atoms with Crippen LogP contribution < -0.4 is 14.9 Å². The van der Waals surface area contributed by atoms with Crippen molar-refractivity contribution in [2.24, 2.45) is 4.99 Å². The molecule has 5 aromatic rings. The normalized spacial score (nSPS) is 15.9. The molecule has 0 radical (unpaired) electrons. The summed E-state index contributed by atoms with van der Waals surface area (Å²) >= 11 is 3.04. The minimum Gasteiger partial charge on any atom is -0.463 e. The Morgan fingerprint density at radius 1 is 1.08 bits per heavy atom. The van der Waals surface area contributed by atoms with E-state index in [4.69, 9.17) is 9.73 Å². The van der Waals surface area contributed by atoms with Gasteiger partial charge in [0.25, 0.3) is 5.56 Å². The standard InChI is InChI=1S/C40H38N4O3S2/c1-6-47-39(46)34-35(27-12-8-7-9-13-27)42-40-44(36(34)28-18-16-26(17-19-28)23(2)3)37(45)33(49-40)21-29-20-24(4)43(25(29)5)38-31(22-41)30-14-10-11-15-32(30)48-38/h7-9,12-13,16-21,23,36H,6,10-11,14-15H2,1-5H3/b33-21+/t36-/m0/s1. The van der Waals surface area contributed by atoms with Crippen LogP contribution in [0.15, 0.2) is 76.0 Å². The Bertz CT molecular complexity index is 2350. The van der Waals surface area contributed by atoms with E-state index >= 15 is 0 Å². The highest BCUT2D eigenvalue weighted by molar-refractivity contribution is 7.15. The lowest BCUT2D eigenvalue weighted by molar-refractivity contribution is -0.138. The third kappa shape index (κ3) is 5.73. The third-order valence-corrected chi connectivity index (χ3v) is 11.8. The number of benzene rings is 2. The number of carbonyl (C=O) groups excluding carboxylic acids is 1. The number of thiazole rings is 1. The summed E-state index contributed by atoms with van der Waals surface area (Å²) in [7, 11) is 0. The van der Waals surface area contributed by atoms with Gasteiger partial charge in [0.1, 0.15) is 11.1 Å². The molecule has 0 bridgehead atoms. The van der Waals surface area contributed by atoms with E-state index in [1.165, 1.54) is 27.3 Å². The maximum atomic E-state index is 14.5. The molecule has 0 saturated heterocycles. The fourth-order valence-corrected chi connectivity index (χ4v) is 9.47. The number of hydrogen-bond donors (Lipinski definition) is 0. The lowest BCUT2D eigenvalue weighted by Crippen LogP contribution is -2.40. The molecule has 1 aliphatic carbocycles. The molecule has 0 unspecified atom stereocenters. The smallest absolute Gasteiger partial charge is 0.338 e. The van der Waals surface area contributed by atoms with E-state index in [1.54, 1.807) is 22.8 Å². The van der Waals surface area contributed by atoms with Gasteiger partial charge in [-0.25, -0.2) is 9.79 Å². The Morgan fingerprint density at radius 2 is 1.82 bits per heavy atom. The second-order valence-corrected chi connectivity index (χ2v) is 15.0. The SMILES string of the molecule is CCOC(=O)C1=C(c2ccccc2)N=c2s/c(=C/c3cc(C)n(-c4sc5c(c4C#N)CCCC5)c3C)c(=O)n2[C@H]1c1ccc(C(C)C)cc1. The average Bonchev–Trinajstić information content (AvgIpc) is 3.73. The Kier molecular flexibility index (Phi) is 8.86. The number of carbonyl (C=O) groups is 1. The highest BCUT2D eigenvalue weighted by atomic mass is 32.1. The van der Waals surface area contributed by atoms with E-state index in [-0.39, 0.29) is 12.2 Å². The molecule has 9 heteroatoms. The Morgan fingerprint density at radius 3 is 2.51 bits per heavy atom. The lowest BCUT2D eigenvalue weighted by atomic mass is 9.91. The van der Waals surface area contributed by atoms with E-state index < -0.39 is 12.0 Å². The molecule has 49 heavy (non-hydrogen) atoms. The summed E-state index contributed by atoms with van der Waals surface area (Å²) < 4.78 is 9.96. The molecule has 0 fully saturated rings. The van der Waals surface area contributed by atoms with Crippen molar-refractivity contribution < 1.29 is 9.53 Å². The molecule has 1 atom stereocenters. The number of nitriles is 1. The quantitative estimate of drug-likeness (QED) is 0.168. The molecule has 3 aromatic heterocycles. The van der Waals surface area contributed by atoms with Crippen molar-refractivity contribution in [1.82, 2.24) is 9.13 Å². The number of aromatic nitrogens is 2. The number of ether oxygens (including phenoxy) is 1. The molecule has 0 amide bonds. The number of esters is 1. The van der Waals surface area contributed by atoms with E-state index in [0.717, 1.165) is 64.3 Å². The highest BCUT2D eigenvalue weighted by Crippen LogP contribution is 2.39. The number of nitrogens with zero attached hydrogens (tertiary/aromatic N) is 4. The van der Waals surface area contributed by atoms with Crippen molar-refractivity contribution in [3.8, 4) is 11.1 Å². The van der Waals surface area contributed by atoms with Crippen molar-refractivity contribution in [1.29, 1.82) is 5.26 Å². The predicted molar refractivity (Wildman–Crippen MR) is 196 cm³/mol. The van der Waals surface area contributed by atoms with Gasteiger partial charge in [0, 0.05) is 21.8 Å². The summed E-state index contributed by atoms with van der Waals surface area (Å²) in [6.45, 7) is 10.3. The van der Waals surface area contributed by atoms with Gasteiger partial charge in [-0.3, -0.25) is 9.36 Å². The zero-order valence-corrected chi connectivity index (χ0v) is 30.0. The van der Waals surface area contributed by atoms with Crippen molar-refractivity contribution in [3.05, 3.63) is 136 Å². The van der Waals surface area contributed by atoms with Crippen LogP contribution in [0.1, 0.15) is 95.2 Å². The zero-order valence-electron chi connectivity index (χ0n) is 28.4. The van der Waals surface area contributed by atoms with Gasteiger partial charge < -0.3 is 9.30 Å². The number of fused-ring (bicyclic) bond motifs is 2. The zero-order chi connectivity index (χ0) is 34.4. The van der Waals surface area contributed by atoms with Crippen LogP contribution in [0.25, 0.3) is 16.8 Å². The van der Waals surface area contributed by atoms with Crippen LogP contribution in [0.4, 0.5) is 0 Å². The van der Waals surface area contributed by atoms with Crippen LogP contribution in [0, 0.1) is 25.2 Å². The molecular weight excluding hydrogens is 649 g/mol. The Balaban J connectivity index is 1.44. The van der Waals surface area contributed by atoms with Crippen molar-refractivity contribution in [2.45, 2.75) is 72.3 Å². The first kappa shape index (κ1) is 32.8. The van der Waals surface area contributed by atoms with Crippen LogP contribution in [-0.2, 0) is 22.4 Å². The Hall–Kier alpha value is -4.78. The molecular formula is C40H38N4O3S2. The summed E-state index contributed by atoms with van der Waals surface area (Å²) in [6.07, 6.45) is 6.15. The molecule has 7 rings (SSSR count). The number of aryl methyl sites for hydroxylation is 2. The van der Waals surface area contributed by atoms with Crippen LogP contribution in [0.5, 0.6) is 0 Å². The van der Waals surface area contributed by atoms with Gasteiger partial charge in [-0.2, -0.15) is 5.26 Å². The van der Waals surface area contributed by atoms with Crippen LogP contribution >= 0.6 is 22.7 Å². The van der Waals surface area contributed by atoms with Gasteiger partial charge >= 0.3 is 5.97 Å². The topological polar surface area (TPSA) is 89.4 Å². The predicted octanol–water partition coefficient (Wildman–Crippen LogP) is 7.28. The van der Waals surface area contributed by atoms with Crippen molar-refractivity contribution in [3.63, 3.8) is 0 Å². The fraction of sp³-hybridized carbons (Fsp3) is 0.300. The number of rotatable bonds is 7. The second-order valence-electron chi connectivity index (χ2n) is 12.9. The highest BCUT2D eigenvalue weighted by Gasteiger charge is 2.35. The second kappa shape index (κ2) is 13.3. The van der Waals surface area contributed by atoms with E-state index in [2.05, 4.69) is 42.7 Å². The van der Waals surface area contributed by atoms with Gasteiger partial charge in [-0.15, -0.1) is 11.3 Å². The van der Waals surface area contributed by atoms with E-state index in [9.17, 15) is 14.9 Å². The van der Waals surface area contributed by atoms with Gasteiger partial charge in [-0.1, -0.05) is 79.8 Å². The molecule has 4 heterocycles. The van der Waals surface area contributed by atoms with Crippen LogP contribution in [0.2, 0.25) is 0 Å². The first-order valence-corrected chi connectivity index (χ1v) is 18.5. The molecule has 7 nitrogen and oxygen atoms in total. The number of thiophene rings is 1.